The molecular weight excluding hydrogens is 289 g/mol. The summed E-state index contributed by atoms with van der Waals surface area (Å²) in [5.74, 6) is 0.100. The Morgan fingerprint density at radius 2 is 2.14 bits per heavy atom. The standard InChI is InChI=1S/C15H10FN3OS/c1-7-12-14(20)18-8(2)19-15(12)21-13(7)10-5-9(6-17)3-4-11(10)16/h3-5H,1-2H3,(H,18,19,20). The molecule has 21 heavy (non-hydrogen) atoms. The third-order valence-corrected chi connectivity index (χ3v) is 4.48. The van der Waals surface area contributed by atoms with Gasteiger partial charge in [0.2, 0.25) is 0 Å². The number of rotatable bonds is 1. The zero-order chi connectivity index (χ0) is 15.1. The summed E-state index contributed by atoms with van der Waals surface area (Å²) in [6, 6.07) is 6.18. The van der Waals surface area contributed by atoms with Gasteiger partial charge < -0.3 is 4.98 Å². The number of aryl methyl sites for hydroxylation is 2. The molecule has 0 unspecified atom stereocenters. The van der Waals surface area contributed by atoms with Crippen LogP contribution >= 0.6 is 11.3 Å². The molecule has 0 atom stereocenters. The Balaban J connectivity index is 2.37. The third kappa shape index (κ3) is 2.12. The molecule has 0 aliphatic carbocycles. The highest BCUT2D eigenvalue weighted by molar-refractivity contribution is 7.22. The van der Waals surface area contributed by atoms with Gasteiger partial charge >= 0.3 is 0 Å². The molecule has 0 saturated heterocycles. The highest BCUT2D eigenvalue weighted by atomic mass is 32.1. The quantitative estimate of drug-likeness (QED) is 0.749. The normalized spacial score (nSPS) is 10.8. The van der Waals surface area contributed by atoms with Crippen LogP contribution in [-0.4, -0.2) is 9.97 Å². The number of hydrogen-bond donors (Lipinski definition) is 1. The van der Waals surface area contributed by atoms with Crippen LogP contribution in [0.15, 0.2) is 23.0 Å². The van der Waals surface area contributed by atoms with Crippen molar-refractivity contribution in [3.05, 3.63) is 51.3 Å². The Morgan fingerprint density at radius 3 is 2.86 bits per heavy atom. The lowest BCUT2D eigenvalue weighted by Gasteiger charge is -2.02. The molecule has 0 radical (unpaired) electrons. The van der Waals surface area contributed by atoms with Gasteiger partial charge in [0.1, 0.15) is 16.5 Å². The number of hydrogen-bond acceptors (Lipinski definition) is 4. The van der Waals surface area contributed by atoms with Gasteiger partial charge in [0.15, 0.2) is 0 Å². The lowest BCUT2D eigenvalue weighted by molar-refractivity contribution is 0.631. The first-order valence-electron chi connectivity index (χ1n) is 6.21. The molecule has 0 aliphatic rings. The molecule has 4 nitrogen and oxygen atoms in total. The maximum atomic E-state index is 14.1. The number of nitriles is 1. The highest BCUT2D eigenvalue weighted by Gasteiger charge is 2.17. The molecule has 0 saturated carbocycles. The van der Waals surface area contributed by atoms with Crippen molar-refractivity contribution < 1.29 is 4.39 Å². The summed E-state index contributed by atoms with van der Waals surface area (Å²) in [5, 5.41) is 9.43. The van der Waals surface area contributed by atoms with E-state index in [1.54, 1.807) is 13.8 Å². The summed E-state index contributed by atoms with van der Waals surface area (Å²) in [5.41, 5.74) is 1.15. The van der Waals surface area contributed by atoms with Crippen molar-refractivity contribution in [1.29, 1.82) is 5.26 Å². The smallest absolute Gasteiger partial charge is 0.259 e. The van der Waals surface area contributed by atoms with Crippen LogP contribution in [0.4, 0.5) is 4.39 Å². The summed E-state index contributed by atoms with van der Waals surface area (Å²) in [4.78, 5) is 20.2. The molecule has 3 rings (SSSR count). The molecule has 0 bridgehead atoms. The van der Waals surface area contributed by atoms with E-state index in [9.17, 15) is 9.18 Å². The summed E-state index contributed by atoms with van der Waals surface area (Å²) >= 11 is 1.26. The van der Waals surface area contributed by atoms with E-state index >= 15 is 0 Å². The van der Waals surface area contributed by atoms with E-state index in [0.29, 0.717) is 37.6 Å². The molecule has 0 amide bonds. The van der Waals surface area contributed by atoms with E-state index in [1.807, 2.05) is 6.07 Å². The van der Waals surface area contributed by atoms with Gasteiger partial charge in [0.05, 0.1) is 17.0 Å². The molecule has 2 heterocycles. The largest absolute Gasteiger partial charge is 0.310 e. The minimum absolute atomic E-state index is 0.227. The first kappa shape index (κ1) is 13.5. The zero-order valence-electron chi connectivity index (χ0n) is 11.3. The van der Waals surface area contributed by atoms with Gasteiger partial charge in [-0.05, 0) is 37.6 Å². The number of nitrogens with zero attached hydrogens (tertiary/aromatic N) is 2. The average molecular weight is 299 g/mol. The van der Waals surface area contributed by atoms with Crippen LogP contribution in [0.5, 0.6) is 0 Å². The summed E-state index contributed by atoms with van der Waals surface area (Å²) in [6.45, 7) is 3.46. The highest BCUT2D eigenvalue weighted by Crippen LogP contribution is 2.37. The van der Waals surface area contributed by atoms with Gasteiger partial charge in [-0.1, -0.05) is 0 Å². The molecule has 0 spiro atoms. The van der Waals surface area contributed by atoms with Gasteiger partial charge in [0, 0.05) is 10.4 Å². The molecule has 1 aromatic carbocycles. The number of H-pyrrole nitrogens is 1. The van der Waals surface area contributed by atoms with Crippen molar-refractivity contribution in [2.45, 2.75) is 13.8 Å². The van der Waals surface area contributed by atoms with Gasteiger partial charge in [-0.25, -0.2) is 9.37 Å². The van der Waals surface area contributed by atoms with Crippen molar-refractivity contribution in [2.75, 3.05) is 0 Å². The van der Waals surface area contributed by atoms with Gasteiger partial charge in [-0.15, -0.1) is 11.3 Å². The number of benzene rings is 1. The Labute approximate surface area is 123 Å². The topological polar surface area (TPSA) is 69.5 Å². The lowest BCUT2D eigenvalue weighted by atomic mass is 10.1. The molecule has 1 N–H and O–H groups in total. The minimum Gasteiger partial charge on any atom is -0.310 e. The van der Waals surface area contributed by atoms with Crippen LogP contribution in [0.25, 0.3) is 20.7 Å². The fourth-order valence-electron chi connectivity index (χ4n) is 2.28. The van der Waals surface area contributed by atoms with Crippen molar-refractivity contribution in [3.63, 3.8) is 0 Å². The first-order chi connectivity index (χ1) is 10.0. The fourth-order valence-corrected chi connectivity index (χ4v) is 3.52. The predicted molar refractivity (Wildman–Crippen MR) is 79.8 cm³/mol. The molecule has 6 heteroatoms. The summed E-state index contributed by atoms with van der Waals surface area (Å²) < 4.78 is 14.1. The number of thiophene rings is 1. The number of fused-ring (bicyclic) bond motifs is 1. The SMILES string of the molecule is Cc1nc2sc(-c3cc(C#N)ccc3F)c(C)c2c(=O)[nH]1. The molecule has 104 valence electrons. The summed E-state index contributed by atoms with van der Waals surface area (Å²) in [7, 11) is 0. The molecular formula is C15H10FN3OS. The van der Waals surface area contributed by atoms with Crippen LogP contribution in [-0.2, 0) is 0 Å². The van der Waals surface area contributed by atoms with E-state index < -0.39 is 5.82 Å². The second-order valence-electron chi connectivity index (χ2n) is 4.69. The molecule has 2 aromatic heterocycles. The van der Waals surface area contributed by atoms with Crippen LogP contribution in [0.2, 0.25) is 0 Å². The lowest BCUT2D eigenvalue weighted by Crippen LogP contribution is -2.08. The number of aromatic nitrogens is 2. The molecule has 0 aliphatic heterocycles. The second kappa shape index (κ2) is 4.79. The Kier molecular flexibility index (Phi) is 3.07. The fraction of sp³-hybridized carbons (Fsp3) is 0.133. The molecule has 3 aromatic rings. The van der Waals surface area contributed by atoms with E-state index in [1.165, 1.54) is 29.5 Å². The first-order valence-corrected chi connectivity index (χ1v) is 7.03. The average Bonchev–Trinajstić information content (AvgIpc) is 2.76. The number of aromatic amines is 1. The maximum Gasteiger partial charge on any atom is 0.259 e. The Hall–Kier alpha value is -2.52. The van der Waals surface area contributed by atoms with E-state index in [0.717, 1.165) is 0 Å². The molecule has 0 fully saturated rings. The van der Waals surface area contributed by atoms with Gasteiger partial charge in [-0.3, -0.25) is 4.79 Å². The summed E-state index contributed by atoms with van der Waals surface area (Å²) in [6.07, 6.45) is 0. The van der Waals surface area contributed by atoms with Gasteiger partial charge in [0.25, 0.3) is 5.56 Å². The van der Waals surface area contributed by atoms with Crippen LogP contribution in [0.1, 0.15) is 17.0 Å². The van der Waals surface area contributed by atoms with Crippen LogP contribution in [0, 0.1) is 31.0 Å². The van der Waals surface area contributed by atoms with Crippen LogP contribution < -0.4 is 5.56 Å². The third-order valence-electron chi connectivity index (χ3n) is 3.26. The maximum absolute atomic E-state index is 14.1. The van der Waals surface area contributed by atoms with E-state index in [4.69, 9.17) is 5.26 Å². The van der Waals surface area contributed by atoms with Crippen molar-refractivity contribution in [1.82, 2.24) is 9.97 Å². The second-order valence-corrected chi connectivity index (χ2v) is 5.69. The number of halogens is 1. The predicted octanol–water partition coefficient (Wildman–Crippen LogP) is 3.28. The van der Waals surface area contributed by atoms with E-state index in [2.05, 4.69) is 9.97 Å². The Bertz CT molecular complexity index is 965. The van der Waals surface area contributed by atoms with Crippen molar-refractivity contribution in [2.24, 2.45) is 0 Å². The minimum atomic E-state index is -0.420. The zero-order valence-corrected chi connectivity index (χ0v) is 12.1. The van der Waals surface area contributed by atoms with Gasteiger partial charge in [-0.2, -0.15) is 5.26 Å². The monoisotopic (exact) mass is 299 g/mol. The van der Waals surface area contributed by atoms with Crippen molar-refractivity contribution >= 4 is 21.6 Å². The Morgan fingerprint density at radius 1 is 1.38 bits per heavy atom. The van der Waals surface area contributed by atoms with Crippen LogP contribution in [0.3, 0.4) is 0 Å². The van der Waals surface area contributed by atoms with Crippen molar-refractivity contribution in [3.8, 4) is 16.5 Å². The van der Waals surface area contributed by atoms with E-state index in [-0.39, 0.29) is 5.56 Å². The number of nitrogens with one attached hydrogen (secondary N) is 1.